The third-order valence-corrected chi connectivity index (χ3v) is 4.50. The largest absolute Gasteiger partial charge is 0.342 e. The summed E-state index contributed by atoms with van der Waals surface area (Å²) in [6.45, 7) is 9.08. The zero-order valence-corrected chi connectivity index (χ0v) is 13.6. The highest BCUT2D eigenvalue weighted by Gasteiger charge is 2.35. The summed E-state index contributed by atoms with van der Waals surface area (Å²) in [5.41, 5.74) is 0.659. The first-order valence-corrected chi connectivity index (χ1v) is 8.14. The molecule has 0 bridgehead atoms. The van der Waals surface area contributed by atoms with Crippen LogP contribution in [0.15, 0.2) is 30.3 Å². The second-order valence-corrected chi connectivity index (χ2v) is 6.51. The standard InChI is InChI=1S/C18H28N2O/c1-4-12-19-16-10-13-20(14-11-16)17(21)18(2,3)15-8-6-5-7-9-15/h5-9,16,19H,4,10-14H2,1-3H3. The van der Waals surface area contributed by atoms with Crippen LogP contribution >= 0.6 is 0 Å². The van der Waals surface area contributed by atoms with E-state index < -0.39 is 5.41 Å². The minimum absolute atomic E-state index is 0.252. The molecule has 1 aromatic rings. The number of carbonyl (C=O) groups is 1. The molecule has 0 saturated carbocycles. The van der Waals surface area contributed by atoms with Crippen molar-refractivity contribution in [2.75, 3.05) is 19.6 Å². The number of hydrogen-bond acceptors (Lipinski definition) is 2. The minimum atomic E-state index is -0.440. The second kappa shape index (κ2) is 7.08. The van der Waals surface area contributed by atoms with Crippen LogP contribution in [0.4, 0.5) is 0 Å². The Morgan fingerprint density at radius 3 is 2.43 bits per heavy atom. The molecule has 1 aromatic carbocycles. The van der Waals surface area contributed by atoms with Crippen molar-refractivity contribution in [3.63, 3.8) is 0 Å². The van der Waals surface area contributed by atoms with E-state index in [9.17, 15) is 4.79 Å². The van der Waals surface area contributed by atoms with E-state index in [0.29, 0.717) is 6.04 Å². The van der Waals surface area contributed by atoms with Gasteiger partial charge in [-0.15, -0.1) is 0 Å². The number of nitrogens with zero attached hydrogens (tertiary/aromatic N) is 1. The molecule has 0 spiro atoms. The predicted molar refractivity (Wildman–Crippen MR) is 87.4 cm³/mol. The molecule has 1 N–H and O–H groups in total. The number of hydrogen-bond donors (Lipinski definition) is 1. The van der Waals surface area contributed by atoms with Gasteiger partial charge in [0, 0.05) is 19.1 Å². The first kappa shape index (κ1) is 16.0. The quantitative estimate of drug-likeness (QED) is 0.903. The molecule has 3 nitrogen and oxygen atoms in total. The van der Waals surface area contributed by atoms with Gasteiger partial charge in [-0.3, -0.25) is 4.79 Å². The Labute approximate surface area is 128 Å². The number of piperidine rings is 1. The molecule has 0 unspecified atom stereocenters. The van der Waals surface area contributed by atoms with Gasteiger partial charge < -0.3 is 10.2 Å². The Balaban J connectivity index is 1.95. The highest BCUT2D eigenvalue weighted by Crippen LogP contribution is 2.27. The van der Waals surface area contributed by atoms with Gasteiger partial charge in [-0.05, 0) is 45.2 Å². The van der Waals surface area contributed by atoms with Crippen LogP contribution in [0.5, 0.6) is 0 Å². The molecule has 1 saturated heterocycles. The number of rotatable bonds is 5. The van der Waals surface area contributed by atoms with Crippen molar-refractivity contribution >= 4 is 5.91 Å². The summed E-state index contributed by atoms with van der Waals surface area (Å²) in [6, 6.07) is 10.7. The number of benzene rings is 1. The van der Waals surface area contributed by atoms with Gasteiger partial charge in [-0.2, -0.15) is 0 Å². The molecule has 0 aromatic heterocycles. The fourth-order valence-corrected chi connectivity index (χ4v) is 3.01. The number of nitrogens with one attached hydrogen (secondary N) is 1. The molecule has 116 valence electrons. The van der Waals surface area contributed by atoms with Crippen molar-refractivity contribution in [2.24, 2.45) is 0 Å². The predicted octanol–water partition coefficient (Wildman–Crippen LogP) is 2.95. The van der Waals surface area contributed by atoms with Crippen LogP contribution in [-0.2, 0) is 10.2 Å². The molecule has 1 aliphatic heterocycles. The molecule has 0 atom stereocenters. The molecule has 0 radical (unpaired) electrons. The molecule has 2 rings (SSSR count). The number of amides is 1. The van der Waals surface area contributed by atoms with Crippen LogP contribution in [0.3, 0.4) is 0 Å². The molecule has 1 fully saturated rings. The van der Waals surface area contributed by atoms with Gasteiger partial charge in [0.2, 0.25) is 5.91 Å². The molecule has 1 aliphatic rings. The highest BCUT2D eigenvalue weighted by atomic mass is 16.2. The lowest BCUT2D eigenvalue weighted by molar-refractivity contribution is -0.137. The van der Waals surface area contributed by atoms with Crippen LogP contribution in [-0.4, -0.2) is 36.5 Å². The van der Waals surface area contributed by atoms with Crippen molar-refractivity contribution in [3.8, 4) is 0 Å². The fourth-order valence-electron chi connectivity index (χ4n) is 3.01. The maximum Gasteiger partial charge on any atom is 0.232 e. The van der Waals surface area contributed by atoms with E-state index in [-0.39, 0.29) is 5.91 Å². The molecule has 21 heavy (non-hydrogen) atoms. The van der Waals surface area contributed by atoms with Crippen LogP contribution < -0.4 is 5.32 Å². The van der Waals surface area contributed by atoms with Gasteiger partial charge in [0.05, 0.1) is 5.41 Å². The van der Waals surface area contributed by atoms with E-state index in [2.05, 4.69) is 12.2 Å². The van der Waals surface area contributed by atoms with Crippen LogP contribution in [0, 0.1) is 0 Å². The van der Waals surface area contributed by atoms with Crippen molar-refractivity contribution in [2.45, 2.75) is 51.5 Å². The average molecular weight is 288 g/mol. The molecule has 3 heteroatoms. The van der Waals surface area contributed by atoms with Crippen molar-refractivity contribution < 1.29 is 4.79 Å². The molecule has 1 heterocycles. The van der Waals surface area contributed by atoms with Crippen LogP contribution in [0.2, 0.25) is 0 Å². The summed E-state index contributed by atoms with van der Waals surface area (Å²) >= 11 is 0. The minimum Gasteiger partial charge on any atom is -0.342 e. The first-order valence-electron chi connectivity index (χ1n) is 8.14. The van der Waals surface area contributed by atoms with Crippen molar-refractivity contribution in [1.29, 1.82) is 0 Å². The van der Waals surface area contributed by atoms with Crippen molar-refractivity contribution in [1.82, 2.24) is 10.2 Å². The van der Waals surface area contributed by atoms with E-state index in [1.54, 1.807) is 0 Å². The van der Waals surface area contributed by atoms with Gasteiger partial charge in [-0.25, -0.2) is 0 Å². The molecule has 1 amide bonds. The van der Waals surface area contributed by atoms with Crippen LogP contribution in [0.25, 0.3) is 0 Å². The van der Waals surface area contributed by atoms with Gasteiger partial charge >= 0.3 is 0 Å². The molecular weight excluding hydrogens is 260 g/mol. The van der Waals surface area contributed by atoms with E-state index in [1.807, 2.05) is 49.1 Å². The Morgan fingerprint density at radius 2 is 1.86 bits per heavy atom. The third-order valence-electron chi connectivity index (χ3n) is 4.50. The topological polar surface area (TPSA) is 32.3 Å². The maximum atomic E-state index is 12.8. The molecular formula is C18H28N2O. The highest BCUT2D eigenvalue weighted by molar-refractivity contribution is 5.87. The lowest BCUT2D eigenvalue weighted by atomic mass is 9.82. The van der Waals surface area contributed by atoms with Gasteiger partial charge in [0.25, 0.3) is 0 Å². The van der Waals surface area contributed by atoms with Gasteiger partial charge in [0.1, 0.15) is 0 Å². The van der Waals surface area contributed by atoms with E-state index in [0.717, 1.165) is 38.0 Å². The van der Waals surface area contributed by atoms with Gasteiger partial charge in [0.15, 0.2) is 0 Å². The fraction of sp³-hybridized carbons (Fsp3) is 0.611. The average Bonchev–Trinajstić information content (AvgIpc) is 2.53. The second-order valence-electron chi connectivity index (χ2n) is 6.51. The van der Waals surface area contributed by atoms with E-state index in [4.69, 9.17) is 0 Å². The number of carbonyl (C=O) groups excluding carboxylic acids is 1. The lowest BCUT2D eigenvalue weighted by Gasteiger charge is -2.37. The smallest absolute Gasteiger partial charge is 0.232 e. The third kappa shape index (κ3) is 3.85. The maximum absolute atomic E-state index is 12.8. The molecule has 0 aliphatic carbocycles. The summed E-state index contributed by atoms with van der Waals surface area (Å²) < 4.78 is 0. The SMILES string of the molecule is CCCNC1CCN(C(=O)C(C)(C)c2ccccc2)CC1. The van der Waals surface area contributed by atoms with Gasteiger partial charge in [-0.1, -0.05) is 37.3 Å². The summed E-state index contributed by atoms with van der Waals surface area (Å²) in [6.07, 6.45) is 3.30. The summed E-state index contributed by atoms with van der Waals surface area (Å²) in [5.74, 6) is 0.252. The zero-order chi connectivity index (χ0) is 15.3. The first-order chi connectivity index (χ1) is 10.1. The summed E-state index contributed by atoms with van der Waals surface area (Å²) in [5, 5.41) is 3.56. The Kier molecular flexibility index (Phi) is 5.40. The zero-order valence-electron chi connectivity index (χ0n) is 13.6. The van der Waals surface area contributed by atoms with E-state index in [1.165, 1.54) is 6.42 Å². The van der Waals surface area contributed by atoms with Crippen LogP contribution in [0.1, 0.15) is 45.6 Å². The normalized spacial score (nSPS) is 17.0. The Bertz CT molecular complexity index is 448. The Hall–Kier alpha value is -1.35. The van der Waals surface area contributed by atoms with Crippen molar-refractivity contribution in [3.05, 3.63) is 35.9 Å². The lowest BCUT2D eigenvalue weighted by Crippen LogP contribution is -2.50. The monoisotopic (exact) mass is 288 g/mol. The Morgan fingerprint density at radius 1 is 1.24 bits per heavy atom. The van der Waals surface area contributed by atoms with E-state index >= 15 is 0 Å². The number of likely N-dealkylation sites (tertiary alicyclic amines) is 1. The summed E-state index contributed by atoms with van der Waals surface area (Å²) in [4.78, 5) is 14.9. The summed E-state index contributed by atoms with van der Waals surface area (Å²) in [7, 11) is 0.